The number of aliphatic hydroxyl groups is 1. The Morgan fingerprint density at radius 3 is 2.33 bits per heavy atom. The molecule has 0 radical (unpaired) electrons. The highest BCUT2D eigenvalue weighted by atomic mass is 16.3. The van der Waals surface area contributed by atoms with E-state index in [0.717, 1.165) is 25.7 Å². The number of rotatable bonds is 3. The first kappa shape index (κ1) is 12.5. The molecule has 1 amide bonds. The first-order valence-electron chi connectivity index (χ1n) is 5.74. The summed E-state index contributed by atoms with van der Waals surface area (Å²) >= 11 is 0. The van der Waals surface area contributed by atoms with Crippen LogP contribution in [0.3, 0.4) is 0 Å². The van der Waals surface area contributed by atoms with E-state index in [1.54, 1.807) is 0 Å². The average Bonchev–Trinajstić information content (AvgIpc) is 2.20. The molecule has 1 aliphatic rings. The van der Waals surface area contributed by atoms with Crippen LogP contribution in [-0.4, -0.2) is 29.2 Å². The molecule has 0 aromatic heterocycles. The molecule has 1 aliphatic carbocycles. The van der Waals surface area contributed by atoms with Gasteiger partial charge in [-0.1, -0.05) is 13.8 Å². The number of hydrogen-bond donors (Lipinski definition) is 3. The van der Waals surface area contributed by atoms with Crippen molar-refractivity contribution in [3.8, 4) is 0 Å². The molecular weight excluding hydrogens is 192 g/mol. The van der Waals surface area contributed by atoms with Crippen molar-refractivity contribution in [1.82, 2.24) is 5.32 Å². The minimum atomic E-state index is -0.420. The van der Waals surface area contributed by atoms with Crippen molar-refractivity contribution < 1.29 is 9.90 Å². The first-order valence-corrected chi connectivity index (χ1v) is 5.74. The smallest absolute Gasteiger partial charge is 0.237 e. The van der Waals surface area contributed by atoms with Gasteiger partial charge in [0.05, 0.1) is 12.1 Å². The van der Waals surface area contributed by atoms with Crippen molar-refractivity contribution in [1.29, 1.82) is 0 Å². The van der Waals surface area contributed by atoms with Gasteiger partial charge in [0.1, 0.15) is 0 Å². The van der Waals surface area contributed by atoms with Crippen LogP contribution in [0.5, 0.6) is 0 Å². The second-order valence-corrected chi connectivity index (χ2v) is 4.78. The van der Waals surface area contributed by atoms with Gasteiger partial charge in [0.25, 0.3) is 0 Å². The molecule has 1 fully saturated rings. The zero-order valence-corrected chi connectivity index (χ0v) is 9.57. The molecule has 0 aliphatic heterocycles. The first-order chi connectivity index (χ1) is 7.00. The lowest BCUT2D eigenvalue weighted by Crippen LogP contribution is -2.48. The topological polar surface area (TPSA) is 75.4 Å². The lowest BCUT2D eigenvalue weighted by molar-refractivity contribution is -0.124. The Kier molecular flexibility index (Phi) is 4.54. The van der Waals surface area contributed by atoms with Gasteiger partial charge in [0.15, 0.2) is 0 Å². The average molecular weight is 214 g/mol. The van der Waals surface area contributed by atoms with Crippen molar-refractivity contribution in [2.75, 3.05) is 0 Å². The highest BCUT2D eigenvalue weighted by Gasteiger charge is 2.24. The van der Waals surface area contributed by atoms with E-state index in [0.29, 0.717) is 0 Å². The summed E-state index contributed by atoms with van der Waals surface area (Å²) in [6.07, 6.45) is 3.09. The normalized spacial score (nSPS) is 28.9. The van der Waals surface area contributed by atoms with E-state index in [4.69, 9.17) is 5.73 Å². The number of amides is 1. The Labute approximate surface area is 91.2 Å². The molecule has 1 rings (SSSR count). The number of carbonyl (C=O) groups is 1. The lowest BCUT2D eigenvalue weighted by Gasteiger charge is -2.27. The van der Waals surface area contributed by atoms with Crippen molar-refractivity contribution >= 4 is 5.91 Å². The summed E-state index contributed by atoms with van der Waals surface area (Å²) in [5.74, 6) is 0.102. The Morgan fingerprint density at radius 1 is 1.33 bits per heavy atom. The Hall–Kier alpha value is -0.610. The summed E-state index contributed by atoms with van der Waals surface area (Å²) < 4.78 is 0. The second kappa shape index (κ2) is 5.47. The predicted molar refractivity (Wildman–Crippen MR) is 59.2 cm³/mol. The van der Waals surface area contributed by atoms with Gasteiger partial charge < -0.3 is 16.2 Å². The Morgan fingerprint density at radius 2 is 1.87 bits per heavy atom. The van der Waals surface area contributed by atoms with Crippen molar-refractivity contribution in [3.05, 3.63) is 0 Å². The van der Waals surface area contributed by atoms with Gasteiger partial charge in [0.2, 0.25) is 5.91 Å². The molecule has 15 heavy (non-hydrogen) atoms. The van der Waals surface area contributed by atoms with Gasteiger partial charge in [-0.25, -0.2) is 0 Å². The Balaban J connectivity index is 2.32. The van der Waals surface area contributed by atoms with Crippen LogP contribution in [0.2, 0.25) is 0 Å². The highest BCUT2D eigenvalue weighted by Crippen LogP contribution is 2.18. The number of nitrogens with one attached hydrogen (secondary N) is 1. The lowest BCUT2D eigenvalue weighted by atomic mass is 9.92. The minimum Gasteiger partial charge on any atom is -0.393 e. The molecule has 1 saturated carbocycles. The fraction of sp³-hybridized carbons (Fsp3) is 0.909. The molecule has 1 atom stereocenters. The molecule has 0 saturated heterocycles. The zero-order chi connectivity index (χ0) is 11.4. The third-order valence-electron chi connectivity index (χ3n) is 3.06. The van der Waals surface area contributed by atoms with E-state index in [9.17, 15) is 9.90 Å². The van der Waals surface area contributed by atoms with Crippen LogP contribution >= 0.6 is 0 Å². The molecule has 4 nitrogen and oxygen atoms in total. The molecule has 4 N–H and O–H groups in total. The third-order valence-corrected chi connectivity index (χ3v) is 3.06. The molecule has 0 aromatic rings. The monoisotopic (exact) mass is 214 g/mol. The summed E-state index contributed by atoms with van der Waals surface area (Å²) in [6, 6.07) is -0.220. The zero-order valence-electron chi connectivity index (χ0n) is 9.57. The maximum atomic E-state index is 11.6. The molecular formula is C11H22N2O2. The summed E-state index contributed by atoms with van der Waals surface area (Å²) in [7, 11) is 0. The van der Waals surface area contributed by atoms with Crippen LogP contribution in [0.1, 0.15) is 39.5 Å². The van der Waals surface area contributed by atoms with Gasteiger partial charge in [-0.05, 0) is 31.6 Å². The van der Waals surface area contributed by atoms with Gasteiger partial charge in [-0.2, -0.15) is 0 Å². The van der Waals surface area contributed by atoms with Gasteiger partial charge in [0, 0.05) is 6.04 Å². The van der Waals surface area contributed by atoms with E-state index in [-0.39, 0.29) is 24.0 Å². The van der Waals surface area contributed by atoms with Crippen LogP contribution in [0.15, 0.2) is 0 Å². The van der Waals surface area contributed by atoms with Gasteiger partial charge >= 0.3 is 0 Å². The van der Waals surface area contributed by atoms with Gasteiger partial charge in [-0.3, -0.25) is 4.79 Å². The quantitative estimate of drug-likeness (QED) is 0.636. The van der Waals surface area contributed by atoms with E-state index in [2.05, 4.69) is 5.32 Å². The second-order valence-electron chi connectivity index (χ2n) is 4.78. The van der Waals surface area contributed by atoms with E-state index in [1.165, 1.54) is 0 Å². The van der Waals surface area contributed by atoms with Gasteiger partial charge in [-0.15, -0.1) is 0 Å². The minimum absolute atomic E-state index is 0.0635. The van der Waals surface area contributed by atoms with Crippen LogP contribution in [0.25, 0.3) is 0 Å². The number of carbonyl (C=O) groups excluding carboxylic acids is 1. The largest absolute Gasteiger partial charge is 0.393 e. The summed E-state index contributed by atoms with van der Waals surface area (Å²) in [5, 5.41) is 12.3. The van der Waals surface area contributed by atoms with Crippen molar-refractivity contribution in [2.24, 2.45) is 11.7 Å². The predicted octanol–water partition coefficient (Wildman–Crippen LogP) is 0.389. The molecule has 4 heteroatoms. The van der Waals surface area contributed by atoms with E-state index < -0.39 is 6.04 Å². The fourth-order valence-corrected chi connectivity index (χ4v) is 1.82. The Bertz CT molecular complexity index is 211. The molecule has 0 bridgehead atoms. The molecule has 0 spiro atoms. The van der Waals surface area contributed by atoms with Crippen LogP contribution in [0.4, 0.5) is 0 Å². The highest BCUT2D eigenvalue weighted by molar-refractivity contribution is 5.82. The van der Waals surface area contributed by atoms with Crippen LogP contribution < -0.4 is 11.1 Å². The standard InChI is InChI=1S/C11H22N2O2/c1-7(2)10(12)11(15)13-8-3-5-9(14)6-4-8/h7-10,14H,3-6,12H2,1-2H3,(H,13,15)/t8-,9-,10-/m1/s1. The maximum Gasteiger partial charge on any atom is 0.237 e. The summed E-state index contributed by atoms with van der Waals surface area (Å²) in [5.41, 5.74) is 5.74. The van der Waals surface area contributed by atoms with Crippen LogP contribution in [-0.2, 0) is 4.79 Å². The molecule has 0 unspecified atom stereocenters. The third kappa shape index (κ3) is 3.80. The number of nitrogens with two attached hydrogens (primary N) is 1. The SMILES string of the molecule is CC(C)[C@@H](N)C(=O)N[C@H]1CC[C@H](O)CC1. The van der Waals surface area contributed by atoms with E-state index in [1.807, 2.05) is 13.8 Å². The number of aliphatic hydroxyl groups excluding tert-OH is 1. The summed E-state index contributed by atoms with van der Waals surface area (Å²) in [4.78, 5) is 11.6. The summed E-state index contributed by atoms with van der Waals surface area (Å²) in [6.45, 7) is 3.88. The van der Waals surface area contributed by atoms with E-state index >= 15 is 0 Å². The van der Waals surface area contributed by atoms with Crippen molar-refractivity contribution in [3.63, 3.8) is 0 Å². The fourth-order valence-electron chi connectivity index (χ4n) is 1.82. The van der Waals surface area contributed by atoms with Crippen LogP contribution in [0, 0.1) is 5.92 Å². The number of hydrogen-bond acceptors (Lipinski definition) is 3. The molecule has 0 aromatic carbocycles. The molecule has 0 heterocycles. The maximum absolute atomic E-state index is 11.6. The van der Waals surface area contributed by atoms with Crippen molar-refractivity contribution in [2.45, 2.75) is 57.7 Å². The molecule has 88 valence electrons.